The fourth-order valence-electron chi connectivity index (χ4n) is 1.94. The van der Waals surface area contributed by atoms with Gasteiger partial charge in [0.05, 0.1) is 12.7 Å². The van der Waals surface area contributed by atoms with E-state index >= 15 is 0 Å². The SMILES string of the molecule is Cc1ccccc1C(CBr)OCc1ccc(Cl)cc1. The van der Waals surface area contributed by atoms with Crippen LogP contribution in [0.5, 0.6) is 0 Å². The zero-order chi connectivity index (χ0) is 13.7. The van der Waals surface area contributed by atoms with Crippen molar-refractivity contribution in [3.05, 3.63) is 70.2 Å². The highest BCUT2D eigenvalue weighted by molar-refractivity contribution is 9.09. The van der Waals surface area contributed by atoms with Gasteiger partial charge in [-0.25, -0.2) is 0 Å². The summed E-state index contributed by atoms with van der Waals surface area (Å²) in [7, 11) is 0. The van der Waals surface area contributed by atoms with Crippen molar-refractivity contribution in [1.29, 1.82) is 0 Å². The van der Waals surface area contributed by atoms with Gasteiger partial charge < -0.3 is 4.74 Å². The molecule has 0 aliphatic heterocycles. The second kappa shape index (κ2) is 7.09. The van der Waals surface area contributed by atoms with Crippen LogP contribution >= 0.6 is 27.5 Å². The standard InChI is InChI=1S/C16H16BrClO/c1-12-4-2-3-5-15(12)16(10-17)19-11-13-6-8-14(18)9-7-13/h2-9,16H,10-11H2,1H3. The lowest BCUT2D eigenvalue weighted by Gasteiger charge is -2.18. The number of benzene rings is 2. The van der Waals surface area contributed by atoms with Crippen molar-refractivity contribution in [2.75, 3.05) is 5.33 Å². The first-order valence-corrected chi connectivity index (χ1v) is 7.68. The molecule has 0 aliphatic rings. The van der Waals surface area contributed by atoms with E-state index in [9.17, 15) is 0 Å². The van der Waals surface area contributed by atoms with Gasteiger partial charge in [-0.2, -0.15) is 0 Å². The molecule has 0 aromatic heterocycles. The lowest BCUT2D eigenvalue weighted by molar-refractivity contribution is 0.0562. The average Bonchev–Trinajstić information content (AvgIpc) is 2.43. The van der Waals surface area contributed by atoms with Crippen molar-refractivity contribution in [2.45, 2.75) is 19.6 Å². The molecule has 0 amide bonds. The van der Waals surface area contributed by atoms with Crippen LogP contribution in [0.2, 0.25) is 5.02 Å². The van der Waals surface area contributed by atoms with Crippen molar-refractivity contribution in [3.8, 4) is 0 Å². The Labute approximate surface area is 127 Å². The van der Waals surface area contributed by atoms with Crippen LogP contribution < -0.4 is 0 Å². The first-order chi connectivity index (χ1) is 9.20. The number of hydrogen-bond acceptors (Lipinski definition) is 1. The van der Waals surface area contributed by atoms with Crippen LogP contribution in [0.4, 0.5) is 0 Å². The Bertz CT molecular complexity index is 525. The van der Waals surface area contributed by atoms with Crippen LogP contribution in [0.15, 0.2) is 48.5 Å². The molecule has 0 saturated carbocycles. The number of aryl methyl sites for hydroxylation is 1. The molecule has 100 valence electrons. The summed E-state index contributed by atoms with van der Waals surface area (Å²) in [4.78, 5) is 0. The van der Waals surface area contributed by atoms with Gasteiger partial charge in [-0.15, -0.1) is 0 Å². The molecule has 0 bridgehead atoms. The molecular formula is C16H16BrClO. The van der Waals surface area contributed by atoms with Crippen molar-refractivity contribution in [3.63, 3.8) is 0 Å². The average molecular weight is 340 g/mol. The van der Waals surface area contributed by atoms with Gasteiger partial charge in [-0.1, -0.05) is 63.9 Å². The summed E-state index contributed by atoms with van der Waals surface area (Å²) in [6.45, 7) is 2.69. The third-order valence-corrected chi connectivity index (χ3v) is 3.88. The quantitative estimate of drug-likeness (QED) is 0.672. The normalized spacial score (nSPS) is 12.4. The number of alkyl halides is 1. The summed E-state index contributed by atoms with van der Waals surface area (Å²) in [5.74, 6) is 0. The molecule has 0 N–H and O–H groups in total. The van der Waals surface area contributed by atoms with Gasteiger partial charge in [-0.3, -0.25) is 0 Å². The smallest absolute Gasteiger partial charge is 0.0928 e. The maximum Gasteiger partial charge on any atom is 0.0928 e. The number of ether oxygens (including phenoxy) is 1. The first kappa shape index (κ1) is 14.6. The molecule has 0 fully saturated rings. The highest BCUT2D eigenvalue weighted by Crippen LogP contribution is 2.24. The molecule has 1 nitrogen and oxygen atoms in total. The van der Waals surface area contributed by atoms with E-state index in [1.807, 2.05) is 36.4 Å². The summed E-state index contributed by atoms with van der Waals surface area (Å²) in [6, 6.07) is 16.1. The summed E-state index contributed by atoms with van der Waals surface area (Å²) in [6.07, 6.45) is 0.0666. The van der Waals surface area contributed by atoms with E-state index in [2.05, 4.69) is 35.0 Å². The van der Waals surface area contributed by atoms with E-state index in [4.69, 9.17) is 16.3 Å². The summed E-state index contributed by atoms with van der Waals surface area (Å²) in [5, 5.41) is 1.53. The molecular weight excluding hydrogens is 324 g/mol. The predicted octanol–water partition coefficient (Wildman–Crippen LogP) is 5.30. The maximum absolute atomic E-state index is 5.99. The number of halogens is 2. The summed E-state index contributed by atoms with van der Waals surface area (Å²) >= 11 is 9.40. The molecule has 1 unspecified atom stereocenters. The van der Waals surface area contributed by atoms with Crippen LogP contribution in [0.3, 0.4) is 0 Å². The minimum Gasteiger partial charge on any atom is -0.368 e. The summed E-state index contributed by atoms with van der Waals surface area (Å²) in [5.41, 5.74) is 3.61. The van der Waals surface area contributed by atoms with Crippen molar-refractivity contribution in [2.24, 2.45) is 0 Å². The largest absolute Gasteiger partial charge is 0.368 e. The van der Waals surface area contributed by atoms with E-state index in [1.165, 1.54) is 11.1 Å². The van der Waals surface area contributed by atoms with Crippen LogP contribution in [0, 0.1) is 6.92 Å². The van der Waals surface area contributed by atoms with E-state index in [1.54, 1.807) is 0 Å². The lowest BCUT2D eigenvalue weighted by atomic mass is 10.0. The van der Waals surface area contributed by atoms with Gasteiger partial charge in [0, 0.05) is 10.4 Å². The fourth-order valence-corrected chi connectivity index (χ4v) is 2.60. The van der Waals surface area contributed by atoms with E-state index in [0.717, 1.165) is 15.9 Å². The Hall–Kier alpha value is -0.830. The molecule has 0 saturated heterocycles. The highest BCUT2D eigenvalue weighted by atomic mass is 79.9. The predicted molar refractivity (Wildman–Crippen MR) is 84.0 cm³/mol. The van der Waals surface area contributed by atoms with Crippen molar-refractivity contribution >= 4 is 27.5 Å². The third-order valence-electron chi connectivity index (χ3n) is 3.04. The van der Waals surface area contributed by atoms with E-state index in [0.29, 0.717) is 6.61 Å². The van der Waals surface area contributed by atoms with Gasteiger partial charge >= 0.3 is 0 Å². The molecule has 3 heteroatoms. The van der Waals surface area contributed by atoms with Gasteiger partial charge in [-0.05, 0) is 35.7 Å². The third kappa shape index (κ3) is 4.07. The van der Waals surface area contributed by atoms with Crippen LogP contribution in [0.1, 0.15) is 22.8 Å². The van der Waals surface area contributed by atoms with E-state index < -0.39 is 0 Å². The molecule has 19 heavy (non-hydrogen) atoms. The Kier molecular flexibility index (Phi) is 5.44. The molecule has 2 aromatic rings. The maximum atomic E-state index is 5.99. The fraction of sp³-hybridized carbons (Fsp3) is 0.250. The molecule has 0 heterocycles. The van der Waals surface area contributed by atoms with Gasteiger partial charge in [0.15, 0.2) is 0 Å². The molecule has 0 spiro atoms. The Morgan fingerprint density at radius 3 is 2.42 bits per heavy atom. The van der Waals surface area contributed by atoms with Crippen LogP contribution in [-0.2, 0) is 11.3 Å². The number of rotatable bonds is 5. The minimum atomic E-state index is 0.0666. The molecule has 2 aromatic carbocycles. The Morgan fingerprint density at radius 2 is 1.79 bits per heavy atom. The lowest BCUT2D eigenvalue weighted by Crippen LogP contribution is -2.07. The monoisotopic (exact) mass is 338 g/mol. The van der Waals surface area contributed by atoms with Crippen molar-refractivity contribution in [1.82, 2.24) is 0 Å². The van der Waals surface area contributed by atoms with E-state index in [-0.39, 0.29) is 6.10 Å². The summed E-state index contributed by atoms with van der Waals surface area (Å²) < 4.78 is 5.99. The molecule has 0 aliphatic carbocycles. The molecule has 2 rings (SSSR count). The highest BCUT2D eigenvalue weighted by Gasteiger charge is 2.12. The van der Waals surface area contributed by atoms with Gasteiger partial charge in [0.2, 0.25) is 0 Å². The van der Waals surface area contributed by atoms with Crippen LogP contribution in [-0.4, -0.2) is 5.33 Å². The topological polar surface area (TPSA) is 9.23 Å². The zero-order valence-electron chi connectivity index (χ0n) is 10.8. The second-order valence-electron chi connectivity index (χ2n) is 4.44. The zero-order valence-corrected chi connectivity index (χ0v) is 13.1. The molecule has 0 radical (unpaired) electrons. The van der Waals surface area contributed by atoms with Crippen LogP contribution in [0.25, 0.3) is 0 Å². The van der Waals surface area contributed by atoms with Gasteiger partial charge in [0.25, 0.3) is 0 Å². The van der Waals surface area contributed by atoms with Gasteiger partial charge in [0.1, 0.15) is 0 Å². The van der Waals surface area contributed by atoms with Crippen molar-refractivity contribution < 1.29 is 4.74 Å². The number of hydrogen-bond donors (Lipinski definition) is 0. The Balaban J connectivity index is 2.04. The molecule has 1 atom stereocenters. The minimum absolute atomic E-state index is 0.0666. The second-order valence-corrected chi connectivity index (χ2v) is 5.52. The first-order valence-electron chi connectivity index (χ1n) is 6.18. The Morgan fingerprint density at radius 1 is 1.11 bits per heavy atom.